The summed E-state index contributed by atoms with van der Waals surface area (Å²) in [5, 5.41) is 0. The summed E-state index contributed by atoms with van der Waals surface area (Å²) in [6.45, 7) is 0.829. The van der Waals surface area contributed by atoms with E-state index in [1.165, 1.54) is 12.3 Å². The second-order valence-corrected chi connectivity index (χ2v) is 6.22. The van der Waals surface area contributed by atoms with Gasteiger partial charge in [-0.15, -0.1) is 0 Å². The van der Waals surface area contributed by atoms with Crippen LogP contribution in [-0.4, -0.2) is 38.9 Å². The van der Waals surface area contributed by atoms with Crippen LogP contribution < -0.4 is 0 Å². The van der Waals surface area contributed by atoms with E-state index in [0.29, 0.717) is 18.7 Å². The molecule has 0 heterocycles. The molecule has 0 unspecified atom stereocenters. The first-order valence-electron chi connectivity index (χ1n) is 4.98. The first kappa shape index (κ1) is 13.1. The third-order valence-corrected chi connectivity index (χ3v) is 3.17. The molecular formula is C11H16FNO2S. The van der Waals surface area contributed by atoms with Crippen molar-refractivity contribution in [3.63, 3.8) is 0 Å². The number of benzene rings is 1. The molecule has 1 aromatic carbocycles. The van der Waals surface area contributed by atoms with Crippen molar-refractivity contribution in [1.82, 2.24) is 4.90 Å². The van der Waals surface area contributed by atoms with Crippen LogP contribution in [0.5, 0.6) is 0 Å². The van der Waals surface area contributed by atoms with E-state index in [1.807, 2.05) is 0 Å². The van der Waals surface area contributed by atoms with Crippen LogP contribution in [0.4, 0.5) is 4.39 Å². The summed E-state index contributed by atoms with van der Waals surface area (Å²) >= 11 is 0. The molecule has 1 aromatic rings. The SMILES string of the molecule is CN(CCS(C)(=O)=O)Cc1ccccc1F. The second kappa shape index (κ2) is 5.41. The van der Waals surface area contributed by atoms with Crippen LogP contribution in [0, 0.1) is 5.82 Å². The van der Waals surface area contributed by atoms with Gasteiger partial charge in [-0.05, 0) is 13.1 Å². The van der Waals surface area contributed by atoms with E-state index in [0.717, 1.165) is 0 Å². The monoisotopic (exact) mass is 245 g/mol. The molecule has 90 valence electrons. The van der Waals surface area contributed by atoms with E-state index in [9.17, 15) is 12.8 Å². The summed E-state index contributed by atoms with van der Waals surface area (Å²) in [6, 6.07) is 6.50. The summed E-state index contributed by atoms with van der Waals surface area (Å²) < 4.78 is 35.2. The van der Waals surface area contributed by atoms with Crippen molar-refractivity contribution >= 4 is 9.84 Å². The Kier molecular flexibility index (Phi) is 4.44. The highest BCUT2D eigenvalue weighted by atomic mass is 32.2. The van der Waals surface area contributed by atoms with Gasteiger partial charge in [-0.1, -0.05) is 18.2 Å². The van der Waals surface area contributed by atoms with Gasteiger partial charge in [0.15, 0.2) is 0 Å². The van der Waals surface area contributed by atoms with Crippen molar-refractivity contribution in [3.8, 4) is 0 Å². The molecule has 0 bridgehead atoms. The predicted molar refractivity (Wildman–Crippen MR) is 62.4 cm³/mol. The minimum Gasteiger partial charge on any atom is -0.301 e. The molecule has 0 amide bonds. The Hall–Kier alpha value is -0.940. The van der Waals surface area contributed by atoms with Gasteiger partial charge in [0, 0.05) is 24.9 Å². The Morgan fingerprint density at radius 1 is 1.31 bits per heavy atom. The summed E-state index contributed by atoms with van der Waals surface area (Å²) in [5.74, 6) is -0.161. The minimum atomic E-state index is -2.96. The molecule has 1 rings (SSSR count). The molecule has 0 fully saturated rings. The Balaban J connectivity index is 2.52. The van der Waals surface area contributed by atoms with Gasteiger partial charge in [0.25, 0.3) is 0 Å². The van der Waals surface area contributed by atoms with Crippen molar-refractivity contribution in [3.05, 3.63) is 35.6 Å². The lowest BCUT2D eigenvalue weighted by molar-refractivity contribution is 0.340. The number of halogens is 1. The zero-order valence-electron chi connectivity index (χ0n) is 9.48. The average Bonchev–Trinajstić information content (AvgIpc) is 2.18. The Morgan fingerprint density at radius 3 is 2.50 bits per heavy atom. The number of hydrogen-bond donors (Lipinski definition) is 0. The van der Waals surface area contributed by atoms with Gasteiger partial charge in [-0.3, -0.25) is 0 Å². The highest BCUT2D eigenvalue weighted by molar-refractivity contribution is 7.90. The molecule has 0 radical (unpaired) electrons. The van der Waals surface area contributed by atoms with Crippen molar-refractivity contribution in [2.75, 3.05) is 25.6 Å². The topological polar surface area (TPSA) is 37.4 Å². The Labute approximate surface area is 95.8 Å². The molecule has 0 N–H and O–H groups in total. The summed E-state index contributed by atoms with van der Waals surface area (Å²) in [7, 11) is -1.18. The van der Waals surface area contributed by atoms with Gasteiger partial charge in [-0.25, -0.2) is 12.8 Å². The van der Waals surface area contributed by atoms with Gasteiger partial charge < -0.3 is 4.90 Å². The summed E-state index contributed by atoms with van der Waals surface area (Å²) in [4.78, 5) is 1.79. The van der Waals surface area contributed by atoms with Crippen molar-refractivity contribution < 1.29 is 12.8 Å². The summed E-state index contributed by atoms with van der Waals surface area (Å²) in [6.07, 6.45) is 1.20. The maximum Gasteiger partial charge on any atom is 0.148 e. The third-order valence-electron chi connectivity index (χ3n) is 2.24. The molecule has 3 nitrogen and oxygen atoms in total. The predicted octanol–water partition coefficient (Wildman–Crippen LogP) is 1.30. The molecule has 0 aromatic heterocycles. The van der Waals surface area contributed by atoms with Gasteiger partial charge in [0.2, 0.25) is 0 Å². The van der Waals surface area contributed by atoms with E-state index in [1.54, 1.807) is 30.1 Å². The lowest BCUT2D eigenvalue weighted by Gasteiger charge is -2.16. The van der Waals surface area contributed by atoms with Gasteiger partial charge in [-0.2, -0.15) is 0 Å². The maximum absolute atomic E-state index is 13.3. The number of nitrogens with zero attached hydrogens (tertiary/aromatic N) is 1. The van der Waals surface area contributed by atoms with E-state index >= 15 is 0 Å². The number of hydrogen-bond acceptors (Lipinski definition) is 3. The molecule has 0 saturated carbocycles. The van der Waals surface area contributed by atoms with E-state index in [2.05, 4.69) is 0 Å². The second-order valence-electron chi connectivity index (χ2n) is 3.96. The van der Waals surface area contributed by atoms with E-state index < -0.39 is 9.84 Å². The molecule has 0 saturated heterocycles. The molecule has 0 aliphatic carbocycles. The molecular weight excluding hydrogens is 229 g/mol. The van der Waals surface area contributed by atoms with Crippen LogP contribution >= 0.6 is 0 Å². The van der Waals surface area contributed by atoms with Crippen LogP contribution in [0.1, 0.15) is 5.56 Å². The largest absolute Gasteiger partial charge is 0.301 e. The van der Waals surface area contributed by atoms with Crippen LogP contribution in [0.2, 0.25) is 0 Å². The fourth-order valence-electron chi connectivity index (χ4n) is 1.32. The Bertz CT molecular complexity index is 445. The normalized spacial score (nSPS) is 12.0. The zero-order valence-corrected chi connectivity index (χ0v) is 10.3. The van der Waals surface area contributed by atoms with Gasteiger partial charge >= 0.3 is 0 Å². The van der Waals surface area contributed by atoms with Crippen LogP contribution in [0.3, 0.4) is 0 Å². The lowest BCUT2D eigenvalue weighted by Crippen LogP contribution is -2.25. The third kappa shape index (κ3) is 4.72. The summed E-state index contributed by atoms with van der Waals surface area (Å²) in [5.41, 5.74) is 0.582. The van der Waals surface area contributed by atoms with Crippen molar-refractivity contribution in [2.24, 2.45) is 0 Å². The smallest absolute Gasteiger partial charge is 0.148 e. The van der Waals surface area contributed by atoms with Crippen LogP contribution in [-0.2, 0) is 16.4 Å². The van der Waals surface area contributed by atoms with E-state index in [-0.39, 0.29) is 11.6 Å². The highest BCUT2D eigenvalue weighted by Gasteiger charge is 2.08. The highest BCUT2D eigenvalue weighted by Crippen LogP contribution is 2.08. The number of rotatable bonds is 5. The number of sulfone groups is 1. The first-order chi connectivity index (χ1) is 7.38. The fraction of sp³-hybridized carbons (Fsp3) is 0.455. The van der Waals surface area contributed by atoms with Crippen molar-refractivity contribution in [1.29, 1.82) is 0 Å². The van der Waals surface area contributed by atoms with Crippen LogP contribution in [0.25, 0.3) is 0 Å². The zero-order chi connectivity index (χ0) is 12.2. The van der Waals surface area contributed by atoms with Crippen molar-refractivity contribution in [2.45, 2.75) is 6.54 Å². The fourth-order valence-corrected chi connectivity index (χ4v) is 1.96. The molecule has 5 heteroatoms. The molecule has 0 atom stereocenters. The minimum absolute atomic E-state index is 0.0952. The maximum atomic E-state index is 13.3. The first-order valence-corrected chi connectivity index (χ1v) is 7.04. The molecule has 0 aliphatic heterocycles. The van der Waals surface area contributed by atoms with Gasteiger partial charge in [0.1, 0.15) is 15.7 Å². The Morgan fingerprint density at radius 2 is 1.94 bits per heavy atom. The van der Waals surface area contributed by atoms with Crippen LogP contribution in [0.15, 0.2) is 24.3 Å². The van der Waals surface area contributed by atoms with Gasteiger partial charge in [0.05, 0.1) is 5.75 Å². The lowest BCUT2D eigenvalue weighted by atomic mass is 10.2. The molecule has 0 spiro atoms. The quantitative estimate of drug-likeness (QED) is 0.784. The standard InChI is InChI=1S/C11H16FNO2S/c1-13(7-8-16(2,14)15)9-10-5-3-4-6-11(10)12/h3-6H,7-9H2,1-2H3. The average molecular weight is 245 g/mol. The molecule has 0 aliphatic rings. The molecule has 16 heavy (non-hydrogen) atoms. The van der Waals surface area contributed by atoms with E-state index in [4.69, 9.17) is 0 Å².